The molecule has 7 heteroatoms. The largest absolute Gasteiger partial charge is 0.338 e. The van der Waals surface area contributed by atoms with Crippen LogP contribution in [0.5, 0.6) is 0 Å². The highest BCUT2D eigenvalue weighted by atomic mass is 32.2. The van der Waals surface area contributed by atoms with Gasteiger partial charge in [-0.3, -0.25) is 9.36 Å². The van der Waals surface area contributed by atoms with Crippen molar-refractivity contribution in [2.75, 3.05) is 18.8 Å². The number of amides is 1. The summed E-state index contributed by atoms with van der Waals surface area (Å²) in [4.78, 5) is 15.5. The summed E-state index contributed by atoms with van der Waals surface area (Å²) in [6.07, 6.45) is 0. The molecule has 0 aliphatic heterocycles. The zero-order valence-electron chi connectivity index (χ0n) is 16.2. The number of likely N-dealkylation sites (N-methyl/N-ethyl adjacent to an activating group) is 1. The van der Waals surface area contributed by atoms with E-state index in [-0.39, 0.29) is 5.91 Å². The summed E-state index contributed by atoms with van der Waals surface area (Å²) in [6.45, 7) is 9.76. The van der Waals surface area contributed by atoms with Crippen molar-refractivity contribution in [1.29, 1.82) is 0 Å². The quantitative estimate of drug-likeness (QED) is 0.382. The number of benzene rings is 1. The second kappa shape index (κ2) is 9.71. The summed E-state index contributed by atoms with van der Waals surface area (Å²) in [5.41, 5.74) is 2.15. The summed E-state index contributed by atoms with van der Waals surface area (Å²) < 4.78 is 2.09. The van der Waals surface area contributed by atoms with Crippen molar-refractivity contribution in [2.24, 2.45) is 0 Å². The number of hydrogen-bond acceptors (Lipinski definition) is 5. The van der Waals surface area contributed by atoms with Gasteiger partial charge in [0.25, 0.3) is 0 Å². The van der Waals surface area contributed by atoms with Gasteiger partial charge in [0.15, 0.2) is 11.0 Å². The molecule has 2 aromatic heterocycles. The van der Waals surface area contributed by atoms with Gasteiger partial charge in [0, 0.05) is 13.1 Å². The van der Waals surface area contributed by atoms with Crippen LogP contribution >= 0.6 is 23.1 Å². The van der Waals surface area contributed by atoms with Gasteiger partial charge in [-0.05, 0) is 30.9 Å². The van der Waals surface area contributed by atoms with E-state index in [1.54, 1.807) is 11.3 Å². The van der Waals surface area contributed by atoms with Crippen molar-refractivity contribution < 1.29 is 4.79 Å². The van der Waals surface area contributed by atoms with Crippen molar-refractivity contribution in [3.63, 3.8) is 0 Å². The fourth-order valence-corrected chi connectivity index (χ4v) is 4.37. The van der Waals surface area contributed by atoms with Gasteiger partial charge in [0.2, 0.25) is 5.91 Å². The Morgan fingerprint density at radius 3 is 2.64 bits per heavy atom. The molecular weight excluding hydrogens is 388 g/mol. The molecule has 2 heterocycles. The maximum absolute atomic E-state index is 12.6. The van der Waals surface area contributed by atoms with Crippen LogP contribution in [-0.4, -0.2) is 44.4 Å². The summed E-state index contributed by atoms with van der Waals surface area (Å²) in [5.74, 6) is 1.25. The van der Waals surface area contributed by atoms with Crippen LogP contribution in [0.4, 0.5) is 0 Å². The number of carbonyl (C=O) groups is 1. The van der Waals surface area contributed by atoms with E-state index in [4.69, 9.17) is 0 Å². The van der Waals surface area contributed by atoms with Gasteiger partial charge in [-0.15, -0.1) is 21.5 Å². The molecule has 3 rings (SSSR count). The van der Waals surface area contributed by atoms with Crippen LogP contribution in [0.3, 0.4) is 0 Å². The van der Waals surface area contributed by atoms with Gasteiger partial charge in [-0.2, -0.15) is 0 Å². The van der Waals surface area contributed by atoms with Crippen molar-refractivity contribution in [2.45, 2.75) is 25.5 Å². The first-order chi connectivity index (χ1) is 13.6. The molecule has 0 saturated heterocycles. The number of carbonyl (C=O) groups excluding carboxylic acids is 1. The third-order valence-corrected chi connectivity index (χ3v) is 5.98. The Bertz CT molecular complexity index is 919. The third-order valence-electron chi connectivity index (χ3n) is 4.16. The van der Waals surface area contributed by atoms with Gasteiger partial charge >= 0.3 is 0 Å². The van der Waals surface area contributed by atoms with Gasteiger partial charge in [-0.1, -0.05) is 60.3 Å². The molecule has 0 aliphatic rings. The van der Waals surface area contributed by atoms with Crippen LogP contribution in [-0.2, 0) is 11.3 Å². The molecule has 1 aromatic carbocycles. The highest BCUT2D eigenvalue weighted by molar-refractivity contribution is 7.99. The smallest absolute Gasteiger partial charge is 0.233 e. The number of thiophene rings is 1. The van der Waals surface area contributed by atoms with Gasteiger partial charge in [0.1, 0.15) is 0 Å². The SMILES string of the molecule is C=C(C)CN(CC)C(=O)CSc1nnc(-c2cccs2)n1Cc1ccccc1. The average molecular weight is 413 g/mol. The fourth-order valence-electron chi connectivity index (χ4n) is 2.81. The minimum Gasteiger partial charge on any atom is -0.338 e. The zero-order valence-corrected chi connectivity index (χ0v) is 17.8. The lowest BCUT2D eigenvalue weighted by Crippen LogP contribution is -2.33. The topological polar surface area (TPSA) is 51.0 Å². The predicted octanol–water partition coefficient (Wildman–Crippen LogP) is 4.57. The van der Waals surface area contributed by atoms with E-state index < -0.39 is 0 Å². The van der Waals surface area contributed by atoms with Crippen LogP contribution in [0.25, 0.3) is 10.7 Å². The van der Waals surface area contributed by atoms with Crippen LogP contribution in [0.15, 0.2) is 65.2 Å². The first-order valence-corrected chi connectivity index (χ1v) is 11.0. The maximum Gasteiger partial charge on any atom is 0.233 e. The molecule has 0 unspecified atom stereocenters. The lowest BCUT2D eigenvalue weighted by atomic mass is 10.2. The molecule has 0 radical (unpaired) electrons. The molecular formula is C21H24N4OS2. The van der Waals surface area contributed by atoms with E-state index in [0.717, 1.165) is 21.4 Å². The first-order valence-electron chi connectivity index (χ1n) is 9.14. The molecule has 0 aliphatic carbocycles. The molecule has 0 saturated carbocycles. The molecule has 0 fully saturated rings. The number of thioether (sulfide) groups is 1. The van der Waals surface area contributed by atoms with Crippen LogP contribution in [0.2, 0.25) is 0 Å². The van der Waals surface area contributed by atoms with E-state index in [9.17, 15) is 4.79 Å². The number of rotatable bonds is 9. The lowest BCUT2D eigenvalue weighted by Gasteiger charge is -2.20. The molecule has 3 aromatic rings. The van der Waals surface area contributed by atoms with E-state index in [2.05, 4.69) is 33.5 Å². The number of aromatic nitrogens is 3. The van der Waals surface area contributed by atoms with Crippen LogP contribution in [0.1, 0.15) is 19.4 Å². The van der Waals surface area contributed by atoms with Crippen molar-refractivity contribution in [3.05, 3.63) is 65.6 Å². The summed E-state index contributed by atoms with van der Waals surface area (Å²) in [6, 6.07) is 14.3. The van der Waals surface area contributed by atoms with Crippen molar-refractivity contribution >= 4 is 29.0 Å². The molecule has 0 atom stereocenters. The molecule has 28 heavy (non-hydrogen) atoms. The second-order valence-corrected chi connectivity index (χ2v) is 8.40. The molecule has 0 spiro atoms. The summed E-state index contributed by atoms with van der Waals surface area (Å²) in [7, 11) is 0. The highest BCUT2D eigenvalue weighted by Gasteiger charge is 2.18. The minimum absolute atomic E-state index is 0.0856. The number of nitrogens with zero attached hydrogens (tertiary/aromatic N) is 4. The standard InChI is InChI=1S/C21H24N4OS2/c1-4-24(13-16(2)3)19(26)15-28-21-23-22-20(18-11-8-12-27-18)25(21)14-17-9-6-5-7-10-17/h5-12H,2,4,13-15H2,1,3H3. The van der Waals surface area contributed by atoms with E-state index in [1.165, 1.54) is 17.3 Å². The third kappa shape index (κ3) is 5.11. The Hall–Kier alpha value is -2.38. The lowest BCUT2D eigenvalue weighted by molar-refractivity contribution is -0.127. The minimum atomic E-state index is 0.0856. The average Bonchev–Trinajstić information content (AvgIpc) is 3.35. The van der Waals surface area contributed by atoms with Gasteiger partial charge in [-0.25, -0.2) is 0 Å². The highest BCUT2D eigenvalue weighted by Crippen LogP contribution is 2.28. The molecule has 0 N–H and O–H groups in total. The summed E-state index contributed by atoms with van der Waals surface area (Å²) >= 11 is 3.07. The van der Waals surface area contributed by atoms with Crippen molar-refractivity contribution in [1.82, 2.24) is 19.7 Å². The summed E-state index contributed by atoms with van der Waals surface area (Å²) in [5, 5.41) is 11.6. The Labute approximate surface area is 174 Å². The van der Waals surface area contributed by atoms with E-state index in [0.29, 0.717) is 25.4 Å². The van der Waals surface area contributed by atoms with E-state index >= 15 is 0 Å². The fraction of sp³-hybridized carbons (Fsp3) is 0.286. The first kappa shape index (κ1) is 20.4. The molecule has 1 amide bonds. The van der Waals surface area contributed by atoms with Crippen molar-refractivity contribution in [3.8, 4) is 10.7 Å². The Balaban J connectivity index is 1.80. The predicted molar refractivity (Wildman–Crippen MR) is 117 cm³/mol. The maximum atomic E-state index is 12.6. The Morgan fingerprint density at radius 2 is 2.00 bits per heavy atom. The Kier molecular flexibility index (Phi) is 7.06. The monoisotopic (exact) mass is 412 g/mol. The Morgan fingerprint density at radius 1 is 1.21 bits per heavy atom. The zero-order chi connectivity index (χ0) is 19.9. The van der Waals surface area contributed by atoms with Crippen LogP contribution in [0, 0.1) is 0 Å². The van der Waals surface area contributed by atoms with Gasteiger partial charge < -0.3 is 4.90 Å². The second-order valence-electron chi connectivity index (χ2n) is 6.51. The molecule has 0 bridgehead atoms. The normalized spacial score (nSPS) is 10.8. The van der Waals surface area contributed by atoms with Crippen LogP contribution < -0.4 is 0 Å². The van der Waals surface area contributed by atoms with Gasteiger partial charge in [0.05, 0.1) is 17.2 Å². The number of hydrogen-bond donors (Lipinski definition) is 0. The van der Waals surface area contributed by atoms with E-state index in [1.807, 2.05) is 54.5 Å². The molecule has 5 nitrogen and oxygen atoms in total. The molecule has 146 valence electrons.